The number of benzene rings is 2. The highest BCUT2D eigenvalue weighted by Crippen LogP contribution is 2.21. The summed E-state index contributed by atoms with van der Waals surface area (Å²) >= 11 is 0. The van der Waals surface area contributed by atoms with E-state index in [1.54, 1.807) is 12.3 Å². The van der Waals surface area contributed by atoms with Crippen molar-refractivity contribution >= 4 is 10.8 Å². The van der Waals surface area contributed by atoms with E-state index in [0.29, 0.717) is 22.7 Å². The predicted octanol–water partition coefficient (Wildman–Crippen LogP) is 3.41. The molecule has 0 amide bonds. The van der Waals surface area contributed by atoms with Gasteiger partial charge in [-0.2, -0.15) is 5.10 Å². The van der Waals surface area contributed by atoms with E-state index < -0.39 is 0 Å². The molecule has 5 heteroatoms. The fourth-order valence-corrected chi connectivity index (χ4v) is 2.66. The number of hydrogen-bond donors (Lipinski definition) is 0. The summed E-state index contributed by atoms with van der Waals surface area (Å²) in [5.74, 6) is 1.24. The van der Waals surface area contributed by atoms with E-state index in [1.165, 1.54) is 4.68 Å². The number of nitrogens with zero attached hydrogens (tertiary/aromatic N) is 3. The molecule has 118 valence electrons. The first kappa shape index (κ1) is 14.4. The first-order chi connectivity index (χ1) is 11.7. The molecular weight excluding hydrogens is 302 g/mol. The zero-order chi connectivity index (χ0) is 16.5. The summed E-state index contributed by atoms with van der Waals surface area (Å²) in [5, 5.41) is 5.73. The van der Waals surface area contributed by atoms with Gasteiger partial charge >= 0.3 is 0 Å². The van der Waals surface area contributed by atoms with Crippen LogP contribution in [0.5, 0.6) is 0 Å². The summed E-state index contributed by atoms with van der Waals surface area (Å²) in [6, 6.07) is 17.1. The lowest BCUT2D eigenvalue weighted by Gasteiger charge is -2.04. The van der Waals surface area contributed by atoms with Crippen molar-refractivity contribution < 1.29 is 4.42 Å². The third-order valence-corrected chi connectivity index (χ3v) is 3.97. The molecule has 4 aromatic rings. The third-order valence-electron chi connectivity index (χ3n) is 3.97. The van der Waals surface area contributed by atoms with Gasteiger partial charge < -0.3 is 4.42 Å². The van der Waals surface area contributed by atoms with Crippen molar-refractivity contribution in [2.24, 2.45) is 0 Å². The maximum Gasteiger partial charge on any atom is 0.274 e. The zero-order valence-electron chi connectivity index (χ0n) is 13.1. The molecule has 0 atom stereocenters. The van der Waals surface area contributed by atoms with Gasteiger partial charge in [0.1, 0.15) is 11.5 Å². The predicted molar refractivity (Wildman–Crippen MR) is 91.8 cm³/mol. The van der Waals surface area contributed by atoms with Crippen LogP contribution in [0.4, 0.5) is 0 Å². The summed E-state index contributed by atoms with van der Waals surface area (Å²) in [6.45, 7) is 2.13. The van der Waals surface area contributed by atoms with Crippen LogP contribution >= 0.6 is 0 Å². The van der Waals surface area contributed by atoms with Gasteiger partial charge in [0.05, 0.1) is 18.1 Å². The molecule has 0 unspecified atom stereocenters. The molecule has 0 N–H and O–H groups in total. The zero-order valence-corrected chi connectivity index (χ0v) is 13.1. The molecule has 2 heterocycles. The van der Waals surface area contributed by atoms with Crippen LogP contribution in [0.2, 0.25) is 0 Å². The van der Waals surface area contributed by atoms with E-state index >= 15 is 0 Å². The molecule has 0 aliphatic carbocycles. The van der Waals surface area contributed by atoms with Crippen LogP contribution in [0.1, 0.15) is 11.5 Å². The largest absolute Gasteiger partial charge is 0.441 e. The second kappa shape index (κ2) is 5.77. The quantitative estimate of drug-likeness (QED) is 0.581. The average Bonchev–Trinajstić information content (AvgIpc) is 2.99. The van der Waals surface area contributed by atoms with E-state index in [1.807, 2.05) is 55.5 Å². The van der Waals surface area contributed by atoms with Gasteiger partial charge in [-0.15, -0.1) is 0 Å². The Hall–Kier alpha value is -3.21. The standard InChI is InChI=1S/C19H15N3O2/c1-13-17(21-18(24-13)14-7-3-2-4-8-14)12-22-19(23)16-10-6-5-9-15(16)11-20-22/h2-11H,12H2,1H3. The molecule has 0 saturated heterocycles. The molecule has 0 saturated carbocycles. The van der Waals surface area contributed by atoms with E-state index in [-0.39, 0.29) is 12.1 Å². The first-order valence-electron chi connectivity index (χ1n) is 7.69. The Labute approximate surface area is 138 Å². The van der Waals surface area contributed by atoms with Crippen molar-refractivity contribution in [1.82, 2.24) is 14.8 Å². The van der Waals surface area contributed by atoms with Crippen molar-refractivity contribution in [3.8, 4) is 11.5 Å². The van der Waals surface area contributed by atoms with Crippen molar-refractivity contribution in [2.45, 2.75) is 13.5 Å². The second-order valence-electron chi connectivity index (χ2n) is 5.58. The lowest BCUT2D eigenvalue weighted by molar-refractivity contribution is 0.534. The minimum Gasteiger partial charge on any atom is -0.441 e. The van der Waals surface area contributed by atoms with Crippen LogP contribution in [0.3, 0.4) is 0 Å². The Kier molecular flexibility index (Phi) is 3.46. The van der Waals surface area contributed by atoms with Gasteiger partial charge in [-0.05, 0) is 25.1 Å². The van der Waals surface area contributed by atoms with Crippen molar-refractivity contribution in [3.63, 3.8) is 0 Å². The molecule has 24 heavy (non-hydrogen) atoms. The third kappa shape index (κ3) is 2.50. The van der Waals surface area contributed by atoms with E-state index in [4.69, 9.17) is 4.42 Å². The molecule has 2 aromatic carbocycles. The molecule has 4 rings (SSSR count). The summed E-state index contributed by atoms with van der Waals surface area (Å²) in [4.78, 5) is 17.1. The Balaban J connectivity index is 1.73. The number of aromatic nitrogens is 3. The molecule has 0 fully saturated rings. The van der Waals surface area contributed by atoms with Gasteiger partial charge in [-0.1, -0.05) is 36.4 Å². The normalized spacial score (nSPS) is 11.0. The lowest BCUT2D eigenvalue weighted by Crippen LogP contribution is -2.23. The molecule has 2 aromatic heterocycles. The van der Waals surface area contributed by atoms with Crippen LogP contribution in [0.15, 0.2) is 70.0 Å². The fourth-order valence-electron chi connectivity index (χ4n) is 2.66. The van der Waals surface area contributed by atoms with E-state index in [2.05, 4.69) is 10.1 Å². The maximum absolute atomic E-state index is 12.6. The Morgan fingerprint density at radius 3 is 2.62 bits per heavy atom. The smallest absolute Gasteiger partial charge is 0.274 e. The van der Waals surface area contributed by atoms with Gasteiger partial charge in [0.2, 0.25) is 5.89 Å². The van der Waals surface area contributed by atoms with Gasteiger partial charge in [-0.25, -0.2) is 9.67 Å². The number of hydrogen-bond acceptors (Lipinski definition) is 4. The maximum atomic E-state index is 12.6. The van der Waals surface area contributed by atoms with Gasteiger partial charge in [0.15, 0.2) is 0 Å². The van der Waals surface area contributed by atoms with Crippen LogP contribution in [0.25, 0.3) is 22.2 Å². The van der Waals surface area contributed by atoms with Gasteiger partial charge in [0, 0.05) is 10.9 Å². The summed E-state index contributed by atoms with van der Waals surface area (Å²) in [6.07, 6.45) is 1.70. The fraction of sp³-hybridized carbons (Fsp3) is 0.105. The average molecular weight is 317 g/mol. The molecule has 0 spiro atoms. The monoisotopic (exact) mass is 317 g/mol. The van der Waals surface area contributed by atoms with Crippen LogP contribution in [-0.4, -0.2) is 14.8 Å². The summed E-state index contributed by atoms with van der Waals surface area (Å²) in [5.41, 5.74) is 1.49. The number of aryl methyl sites for hydroxylation is 1. The van der Waals surface area contributed by atoms with Crippen molar-refractivity contribution in [2.75, 3.05) is 0 Å². The van der Waals surface area contributed by atoms with Crippen LogP contribution in [-0.2, 0) is 6.54 Å². The Morgan fingerprint density at radius 2 is 1.79 bits per heavy atom. The number of rotatable bonds is 3. The lowest BCUT2D eigenvalue weighted by atomic mass is 10.2. The molecule has 0 radical (unpaired) electrons. The molecule has 0 bridgehead atoms. The molecule has 0 aliphatic rings. The Bertz CT molecular complexity index is 1060. The highest BCUT2D eigenvalue weighted by atomic mass is 16.4. The minimum atomic E-state index is -0.128. The summed E-state index contributed by atoms with van der Waals surface area (Å²) in [7, 11) is 0. The highest BCUT2D eigenvalue weighted by Gasteiger charge is 2.13. The van der Waals surface area contributed by atoms with Crippen molar-refractivity contribution in [1.29, 1.82) is 0 Å². The SMILES string of the molecule is Cc1oc(-c2ccccc2)nc1Cn1ncc2ccccc2c1=O. The molecule has 5 nitrogen and oxygen atoms in total. The van der Waals surface area contributed by atoms with E-state index in [9.17, 15) is 4.79 Å². The molecular formula is C19H15N3O2. The van der Waals surface area contributed by atoms with Crippen molar-refractivity contribution in [3.05, 3.63) is 82.6 Å². The second-order valence-corrected chi connectivity index (χ2v) is 5.58. The summed E-state index contributed by atoms with van der Waals surface area (Å²) < 4.78 is 7.16. The number of fused-ring (bicyclic) bond motifs is 1. The topological polar surface area (TPSA) is 60.9 Å². The Morgan fingerprint density at radius 1 is 1.04 bits per heavy atom. The number of oxazole rings is 1. The van der Waals surface area contributed by atoms with Gasteiger partial charge in [-0.3, -0.25) is 4.79 Å². The van der Waals surface area contributed by atoms with Crippen LogP contribution in [0, 0.1) is 6.92 Å². The minimum absolute atomic E-state index is 0.128. The van der Waals surface area contributed by atoms with E-state index in [0.717, 1.165) is 10.9 Å². The van der Waals surface area contributed by atoms with Gasteiger partial charge in [0.25, 0.3) is 5.56 Å². The first-order valence-corrected chi connectivity index (χ1v) is 7.69. The van der Waals surface area contributed by atoms with Crippen LogP contribution < -0.4 is 5.56 Å². The highest BCUT2D eigenvalue weighted by molar-refractivity contribution is 5.80. The molecule has 0 aliphatic heterocycles.